The number of aliphatic hydroxyl groups excluding tert-OH is 1. The number of hydrogen-bond acceptors (Lipinski definition) is 3. The summed E-state index contributed by atoms with van der Waals surface area (Å²) in [6.45, 7) is 1.95. The van der Waals surface area contributed by atoms with Crippen molar-refractivity contribution < 1.29 is 9.84 Å². The second kappa shape index (κ2) is 5.94. The number of aromatic nitrogens is 1. The maximum Gasteiger partial charge on any atom is 0.153 e. The second-order valence-electron chi connectivity index (χ2n) is 4.90. The van der Waals surface area contributed by atoms with E-state index in [1.165, 1.54) is 0 Å². The quantitative estimate of drug-likeness (QED) is 0.766. The van der Waals surface area contributed by atoms with Crippen molar-refractivity contribution in [3.8, 4) is 11.5 Å². The van der Waals surface area contributed by atoms with E-state index in [0.717, 1.165) is 16.5 Å². The molecule has 0 spiro atoms. The predicted octanol–water partition coefficient (Wildman–Crippen LogP) is 4.47. The molecule has 0 unspecified atom stereocenters. The maximum absolute atomic E-state index is 10.1. The smallest absolute Gasteiger partial charge is 0.153 e. The Morgan fingerprint density at radius 3 is 2.62 bits per heavy atom. The predicted molar refractivity (Wildman–Crippen MR) is 83.5 cm³/mol. The zero-order valence-electron chi connectivity index (χ0n) is 11.9. The first-order valence-corrected chi connectivity index (χ1v) is 7.08. The van der Waals surface area contributed by atoms with Crippen LogP contribution < -0.4 is 4.74 Å². The first kappa shape index (κ1) is 13.6. The van der Waals surface area contributed by atoms with E-state index >= 15 is 0 Å². The Kier molecular flexibility index (Phi) is 3.84. The summed E-state index contributed by atoms with van der Waals surface area (Å²) in [7, 11) is 0. The Morgan fingerprint density at radius 2 is 1.76 bits per heavy atom. The molecule has 1 heterocycles. The number of nitrogens with zero attached hydrogens (tertiary/aromatic N) is 1. The van der Waals surface area contributed by atoms with Crippen molar-refractivity contribution >= 4 is 10.9 Å². The molecule has 21 heavy (non-hydrogen) atoms. The number of ether oxygens (including phenoxy) is 1. The Morgan fingerprint density at radius 1 is 1.00 bits per heavy atom. The summed E-state index contributed by atoms with van der Waals surface area (Å²) in [5, 5.41) is 11.1. The molecule has 0 saturated heterocycles. The Labute approximate surface area is 123 Å². The Balaban J connectivity index is 2.03. The fraction of sp³-hybridized carbons (Fsp3) is 0.167. The highest BCUT2D eigenvalue weighted by atomic mass is 16.5. The third-order valence-electron chi connectivity index (χ3n) is 3.48. The van der Waals surface area contributed by atoms with Crippen molar-refractivity contribution in [2.45, 2.75) is 19.4 Å². The molecule has 106 valence electrons. The molecule has 0 aliphatic carbocycles. The van der Waals surface area contributed by atoms with E-state index in [1.54, 1.807) is 6.20 Å². The lowest BCUT2D eigenvalue weighted by Gasteiger charge is -2.15. The summed E-state index contributed by atoms with van der Waals surface area (Å²) in [5.41, 5.74) is 1.62. The number of benzene rings is 2. The third-order valence-corrected chi connectivity index (χ3v) is 3.48. The van der Waals surface area contributed by atoms with Crippen molar-refractivity contribution in [1.82, 2.24) is 4.98 Å². The van der Waals surface area contributed by atoms with Crippen LogP contribution >= 0.6 is 0 Å². The normalized spacial score (nSPS) is 12.3. The fourth-order valence-corrected chi connectivity index (χ4v) is 2.35. The van der Waals surface area contributed by atoms with Gasteiger partial charge < -0.3 is 9.84 Å². The largest absolute Gasteiger partial charge is 0.455 e. The van der Waals surface area contributed by atoms with E-state index in [0.29, 0.717) is 17.9 Å². The molecule has 3 nitrogen and oxygen atoms in total. The summed E-state index contributed by atoms with van der Waals surface area (Å²) < 4.78 is 6.02. The molecule has 0 aliphatic heterocycles. The van der Waals surface area contributed by atoms with Crippen molar-refractivity contribution in [3.05, 3.63) is 66.4 Å². The minimum absolute atomic E-state index is 0.524. The average Bonchev–Trinajstić information content (AvgIpc) is 2.55. The number of fused-ring (bicyclic) bond motifs is 1. The molecule has 2 aromatic carbocycles. The van der Waals surface area contributed by atoms with Gasteiger partial charge in [-0.15, -0.1) is 0 Å². The van der Waals surface area contributed by atoms with Crippen LogP contribution in [0.1, 0.15) is 25.0 Å². The van der Waals surface area contributed by atoms with Crippen molar-refractivity contribution in [1.29, 1.82) is 0 Å². The number of hydrogen-bond donors (Lipinski definition) is 1. The van der Waals surface area contributed by atoms with E-state index < -0.39 is 6.10 Å². The van der Waals surface area contributed by atoms with Gasteiger partial charge in [-0.05, 0) is 24.6 Å². The summed E-state index contributed by atoms with van der Waals surface area (Å²) >= 11 is 0. The van der Waals surface area contributed by atoms with Crippen LogP contribution in [-0.4, -0.2) is 10.1 Å². The molecule has 0 saturated carbocycles. The topological polar surface area (TPSA) is 42.4 Å². The average molecular weight is 279 g/mol. The summed E-state index contributed by atoms with van der Waals surface area (Å²) in [4.78, 5) is 4.38. The lowest BCUT2D eigenvalue weighted by molar-refractivity contribution is 0.170. The van der Waals surface area contributed by atoms with Gasteiger partial charge in [-0.3, -0.25) is 4.98 Å². The molecule has 1 aromatic heterocycles. The van der Waals surface area contributed by atoms with Gasteiger partial charge in [0.05, 0.1) is 6.10 Å². The van der Waals surface area contributed by atoms with E-state index in [9.17, 15) is 5.11 Å². The standard InChI is InChI=1S/C18H17NO2/c1-2-15(20)14-9-3-4-10-16(14)21-17-11-5-7-13-8-6-12-19-18(13)17/h3-12,15,20H,2H2,1H3/t15-/m1/s1. The maximum atomic E-state index is 10.1. The van der Waals surface area contributed by atoms with Gasteiger partial charge in [0, 0.05) is 17.1 Å². The van der Waals surface area contributed by atoms with Crippen molar-refractivity contribution in [2.75, 3.05) is 0 Å². The molecular formula is C18H17NO2. The minimum Gasteiger partial charge on any atom is -0.455 e. The highest BCUT2D eigenvalue weighted by molar-refractivity contribution is 5.84. The highest BCUT2D eigenvalue weighted by Crippen LogP contribution is 2.33. The van der Waals surface area contributed by atoms with Crippen LogP contribution in [0, 0.1) is 0 Å². The first-order chi connectivity index (χ1) is 10.3. The zero-order valence-corrected chi connectivity index (χ0v) is 11.9. The van der Waals surface area contributed by atoms with Crippen LogP contribution in [-0.2, 0) is 0 Å². The molecule has 0 aliphatic rings. The van der Waals surface area contributed by atoms with Crippen LogP contribution in [0.15, 0.2) is 60.8 Å². The molecule has 3 heteroatoms. The highest BCUT2D eigenvalue weighted by Gasteiger charge is 2.13. The number of para-hydroxylation sites is 2. The van der Waals surface area contributed by atoms with Gasteiger partial charge >= 0.3 is 0 Å². The van der Waals surface area contributed by atoms with Gasteiger partial charge in [0.25, 0.3) is 0 Å². The zero-order chi connectivity index (χ0) is 14.7. The Hall–Kier alpha value is -2.39. The van der Waals surface area contributed by atoms with Crippen LogP contribution in [0.25, 0.3) is 10.9 Å². The Bertz CT molecular complexity index is 750. The van der Waals surface area contributed by atoms with Crippen LogP contribution in [0.2, 0.25) is 0 Å². The van der Waals surface area contributed by atoms with E-state index in [1.807, 2.05) is 61.5 Å². The van der Waals surface area contributed by atoms with Gasteiger partial charge in [0.15, 0.2) is 5.75 Å². The molecule has 3 aromatic rings. The van der Waals surface area contributed by atoms with Gasteiger partial charge in [-0.2, -0.15) is 0 Å². The second-order valence-corrected chi connectivity index (χ2v) is 4.90. The molecule has 3 rings (SSSR count). The third kappa shape index (κ3) is 2.73. The summed E-state index contributed by atoms with van der Waals surface area (Å²) in [5.74, 6) is 1.37. The molecule has 0 bridgehead atoms. The van der Waals surface area contributed by atoms with Crippen molar-refractivity contribution in [3.63, 3.8) is 0 Å². The number of pyridine rings is 1. The number of aliphatic hydroxyl groups is 1. The monoisotopic (exact) mass is 279 g/mol. The summed E-state index contributed by atoms with van der Waals surface area (Å²) in [6.07, 6.45) is 1.88. The SMILES string of the molecule is CC[C@@H](O)c1ccccc1Oc1cccc2cccnc12. The van der Waals surface area contributed by atoms with Gasteiger partial charge in [-0.1, -0.05) is 43.3 Å². The first-order valence-electron chi connectivity index (χ1n) is 7.08. The van der Waals surface area contributed by atoms with Crippen LogP contribution in [0.3, 0.4) is 0 Å². The fourth-order valence-electron chi connectivity index (χ4n) is 2.35. The molecule has 1 N–H and O–H groups in total. The van der Waals surface area contributed by atoms with Gasteiger partial charge in [0.1, 0.15) is 11.3 Å². The van der Waals surface area contributed by atoms with E-state index in [-0.39, 0.29) is 0 Å². The van der Waals surface area contributed by atoms with Gasteiger partial charge in [0.2, 0.25) is 0 Å². The van der Waals surface area contributed by atoms with Crippen LogP contribution in [0.5, 0.6) is 11.5 Å². The lowest BCUT2D eigenvalue weighted by atomic mass is 10.1. The van der Waals surface area contributed by atoms with Gasteiger partial charge in [-0.25, -0.2) is 0 Å². The lowest BCUT2D eigenvalue weighted by Crippen LogP contribution is -1.99. The molecule has 0 radical (unpaired) electrons. The summed E-state index contributed by atoms with van der Waals surface area (Å²) in [6, 6.07) is 17.3. The van der Waals surface area contributed by atoms with E-state index in [4.69, 9.17) is 4.74 Å². The molecule has 0 fully saturated rings. The minimum atomic E-state index is -0.524. The number of rotatable bonds is 4. The molecular weight excluding hydrogens is 262 g/mol. The van der Waals surface area contributed by atoms with E-state index in [2.05, 4.69) is 4.98 Å². The van der Waals surface area contributed by atoms with Crippen LogP contribution in [0.4, 0.5) is 0 Å². The molecule has 1 atom stereocenters. The van der Waals surface area contributed by atoms with Crippen molar-refractivity contribution in [2.24, 2.45) is 0 Å². The molecule has 0 amide bonds.